The zero-order valence-electron chi connectivity index (χ0n) is 22.5. The fraction of sp³-hybridized carbons (Fsp3) is 0.917. The van der Waals surface area contributed by atoms with Gasteiger partial charge >= 0.3 is 12.2 Å². The second kappa shape index (κ2) is 10.3. The van der Waals surface area contributed by atoms with Gasteiger partial charge < -0.3 is 19.2 Å². The predicted octanol–water partition coefficient (Wildman–Crippen LogP) is 5.95. The summed E-state index contributed by atoms with van der Waals surface area (Å²) in [6.45, 7) is 24.5. The molecule has 1 fully saturated rings. The van der Waals surface area contributed by atoms with Crippen LogP contribution in [0.25, 0.3) is 0 Å². The molecule has 1 rings (SSSR count). The minimum absolute atomic E-state index is 0.0279. The number of hydrogen-bond donors (Lipinski definition) is 1. The first-order valence-electron chi connectivity index (χ1n) is 11.7. The molecule has 1 unspecified atom stereocenters. The Kier molecular flexibility index (Phi) is 9.28. The lowest BCUT2D eigenvalue weighted by Gasteiger charge is -2.41. The van der Waals surface area contributed by atoms with E-state index in [2.05, 4.69) is 39.2 Å². The van der Waals surface area contributed by atoms with Crippen molar-refractivity contribution in [3.63, 3.8) is 0 Å². The van der Waals surface area contributed by atoms with Crippen LogP contribution in [0.2, 0.25) is 13.1 Å². The summed E-state index contributed by atoms with van der Waals surface area (Å²) >= 11 is 0. The van der Waals surface area contributed by atoms with E-state index in [9.17, 15) is 9.59 Å². The average Bonchev–Trinajstić information content (AvgIpc) is 2.88. The van der Waals surface area contributed by atoms with E-state index in [4.69, 9.17) is 13.9 Å². The number of nitrogens with zero attached hydrogens (tertiary/aromatic N) is 1. The van der Waals surface area contributed by atoms with Crippen molar-refractivity contribution in [1.82, 2.24) is 10.2 Å². The van der Waals surface area contributed by atoms with Crippen LogP contribution in [0.4, 0.5) is 9.59 Å². The average molecular weight is 472 g/mol. The van der Waals surface area contributed by atoms with Gasteiger partial charge in [0.1, 0.15) is 16.9 Å². The van der Waals surface area contributed by atoms with Crippen molar-refractivity contribution in [1.29, 1.82) is 0 Å². The second-order valence-corrected chi connectivity index (χ2v) is 14.4. The van der Waals surface area contributed by atoms with Crippen LogP contribution in [-0.2, 0) is 13.9 Å². The van der Waals surface area contributed by atoms with Crippen molar-refractivity contribution >= 4 is 21.2 Å². The molecule has 1 N–H and O–H groups in total. The van der Waals surface area contributed by atoms with Gasteiger partial charge in [0.05, 0.1) is 0 Å². The predicted molar refractivity (Wildman–Crippen MR) is 130 cm³/mol. The summed E-state index contributed by atoms with van der Waals surface area (Å²) in [7, 11) is -1.11. The number of carbonyl (C=O) groups excluding carboxylic acids is 2. The molecule has 0 aromatic carbocycles. The van der Waals surface area contributed by atoms with Gasteiger partial charge in [0, 0.05) is 12.6 Å². The standard InChI is InChI=1S/C24H47N2O5Si/c1-17(25-19(27)29-22(5,6)7)13-14-24(31-32(11)12)15-18(21(2,3)4)16-26(24)20(28)30-23(8,9)10/h17-18H,13-16H2,1-12H3,(H,25,27)/t17?,18-,24+/m0/s1. The molecular formula is C24H47N2O5Si. The van der Waals surface area contributed by atoms with Crippen LogP contribution in [0.3, 0.4) is 0 Å². The third kappa shape index (κ3) is 9.30. The number of hydrogen-bond acceptors (Lipinski definition) is 5. The first-order chi connectivity index (χ1) is 14.2. The smallest absolute Gasteiger partial charge is 0.412 e. The van der Waals surface area contributed by atoms with Gasteiger partial charge in [-0.3, -0.25) is 4.90 Å². The van der Waals surface area contributed by atoms with E-state index in [0.717, 1.165) is 6.42 Å². The van der Waals surface area contributed by atoms with E-state index < -0.39 is 32.1 Å². The molecule has 1 aliphatic rings. The van der Waals surface area contributed by atoms with E-state index in [1.807, 2.05) is 53.4 Å². The summed E-state index contributed by atoms with van der Waals surface area (Å²) in [4.78, 5) is 27.3. The van der Waals surface area contributed by atoms with Crippen molar-refractivity contribution in [3.05, 3.63) is 0 Å². The van der Waals surface area contributed by atoms with Crippen molar-refractivity contribution in [2.45, 2.75) is 125 Å². The molecule has 1 radical (unpaired) electrons. The molecule has 187 valence electrons. The van der Waals surface area contributed by atoms with Crippen molar-refractivity contribution in [2.24, 2.45) is 11.3 Å². The summed E-state index contributed by atoms with van der Waals surface area (Å²) in [5.41, 5.74) is -1.84. The summed E-state index contributed by atoms with van der Waals surface area (Å²) in [5.74, 6) is 0.283. The van der Waals surface area contributed by atoms with E-state index in [1.54, 1.807) is 0 Å². The van der Waals surface area contributed by atoms with Gasteiger partial charge in [-0.1, -0.05) is 20.8 Å². The number of alkyl carbamates (subject to hydrolysis) is 1. The van der Waals surface area contributed by atoms with Gasteiger partial charge in [0.15, 0.2) is 0 Å². The fourth-order valence-corrected chi connectivity index (χ4v) is 4.93. The van der Waals surface area contributed by atoms with E-state index in [-0.39, 0.29) is 23.5 Å². The van der Waals surface area contributed by atoms with Gasteiger partial charge in [0.25, 0.3) is 0 Å². The fourth-order valence-electron chi connectivity index (χ4n) is 3.87. The molecule has 32 heavy (non-hydrogen) atoms. The molecule has 3 atom stereocenters. The van der Waals surface area contributed by atoms with Gasteiger partial charge in [-0.25, -0.2) is 9.59 Å². The second-order valence-electron chi connectivity index (χ2n) is 12.4. The highest BCUT2D eigenvalue weighted by atomic mass is 28.3. The Bertz CT molecular complexity index is 648. The Morgan fingerprint density at radius 2 is 1.56 bits per heavy atom. The van der Waals surface area contributed by atoms with Gasteiger partial charge in [-0.2, -0.15) is 0 Å². The van der Waals surface area contributed by atoms with E-state index in [1.165, 1.54) is 0 Å². The molecule has 0 aromatic rings. The van der Waals surface area contributed by atoms with E-state index >= 15 is 0 Å². The zero-order chi connectivity index (χ0) is 25.1. The van der Waals surface area contributed by atoms with Gasteiger partial charge in [-0.05, 0) is 92.2 Å². The topological polar surface area (TPSA) is 77.1 Å². The Labute approximate surface area is 197 Å². The molecule has 0 spiro atoms. The molecule has 0 saturated carbocycles. The van der Waals surface area contributed by atoms with Crippen LogP contribution in [0.1, 0.15) is 88.5 Å². The number of ether oxygens (including phenoxy) is 2. The number of likely N-dealkylation sites (tertiary alicyclic amines) is 1. The summed E-state index contributed by atoms with van der Waals surface area (Å²) < 4.78 is 17.8. The normalized spacial score (nSPS) is 23.3. The molecule has 1 heterocycles. The highest BCUT2D eigenvalue weighted by molar-refractivity contribution is 6.48. The molecule has 0 bridgehead atoms. The lowest BCUT2D eigenvalue weighted by molar-refractivity contribution is -0.0750. The van der Waals surface area contributed by atoms with Crippen LogP contribution in [0, 0.1) is 11.3 Å². The van der Waals surface area contributed by atoms with Crippen LogP contribution in [0.5, 0.6) is 0 Å². The maximum Gasteiger partial charge on any atom is 0.412 e. The Morgan fingerprint density at radius 1 is 1.03 bits per heavy atom. The van der Waals surface area contributed by atoms with Crippen molar-refractivity contribution in [2.75, 3.05) is 6.54 Å². The highest BCUT2D eigenvalue weighted by Gasteiger charge is 2.53. The maximum atomic E-state index is 13.3. The van der Waals surface area contributed by atoms with Crippen molar-refractivity contribution in [3.8, 4) is 0 Å². The van der Waals surface area contributed by atoms with Gasteiger partial charge in [0.2, 0.25) is 9.04 Å². The molecule has 1 aliphatic heterocycles. The highest BCUT2D eigenvalue weighted by Crippen LogP contribution is 2.46. The Hall–Kier alpha value is -1.28. The first kappa shape index (κ1) is 28.7. The lowest BCUT2D eigenvalue weighted by Crippen LogP contribution is -2.53. The molecule has 1 saturated heterocycles. The zero-order valence-corrected chi connectivity index (χ0v) is 23.5. The third-order valence-corrected chi connectivity index (χ3v) is 6.21. The molecule has 8 heteroatoms. The molecule has 0 aliphatic carbocycles. The summed E-state index contributed by atoms with van der Waals surface area (Å²) in [6, 6.07) is -0.121. The molecular weight excluding hydrogens is 424 g/mol. The SMILES string of the molecule is CC(CC[C@@]1(O[Si](C)C)C[C@H](C(C)(C)C)CN1C(=O)OC(C)(C)C)NC(=O)OC(C)(C)C. The lowest BCUT2D eigenvalue weighted by atomic mass is 9.78. The Morgan fingerprint density at radius 3 is 2.00 bits per heavy atom. The molecule has 0 aromatic heterocycles. The Balaban J connectivity index is 3.10. The molecule has 2 amide bonds. The van der Waals surface area contributed by atoms with Crippen LogP contribution < -0.4 is 5.32 Å². The van der Waals surface area contributed by atoms with Gasteiger partial charge in [-0.15, -0.1) is 0 Å². The number of carbonyl (C=O) groups is 2. The van der Waals surface area contributed by atoms with Crippen LogP contribution >= 0.6 is 0 Å². The number of rotatable bonds is 6. The number of amides is 2. The van der Waals surface area contributed by atoms with E-state index in [0.29, 0.717) is 19.4 Å². The molecule has 7 nitrogen and oxygen atoms in total. The summed E-state index contributed by atoms with van der Waals surface area (Å²) in [6.07, 6.45) is 1.26. The minimum Gasteiger partial charge on any atom is -0.444 e. The maximum absolute atomic E-state index is 13.3. The summed E-state index contributed by atoms with van der Waals surface area (Å²) in [5, 5.41) is 2.91. The monoisotopic (exact) mass is 471 g/mol. The van der Waals surface area contributed by atoms with Crippen LogP contribution in [-0.4, -0.2) is 55.6 Å². The number of nitrogens with one attached hydrogen (secondary N) is 1. The third-order valence-electron chi connectivity index (χ3n) is 5.42. The minimum atomic E-state index is -1.11. The van der Waals surface area contributed by atoms with Crippen LogP contribution in [0.15, 0.2) is 0 Å². The largest absolute Gasteiger partial charge is 0.444 e. The van der Waals surface area contributed by atoms with Crippen molar-refractivity contribution < 1.29 is 23.5 Å². The quantitative estimate of drug-likeness (QED) is 0.485. The first-order valence-corrected chi connectivity index (χ1v) is 14.1.